The van der Waals surface area contributed by atoms with Gasteiger partial charge in [0, 0.05) is 28.2 Å². The molecule has 0 unspecified atom stereocenters. The van der Waals surface area contributed by atoms with E-state index in [1.54, 1.807) is 0 Å². The van der Waals surface area contributed by atoms with E-state index in [4.69, 9.17) is 0 Å². The van der Waals surface area contributed by atoms with Crippen molar-refractivity contribution in [2.45, 2.75) is 52.1 Å². The highest BCUT2D eigenvalue weighted by atomic mass is 16.3. The van der Waals surface area contributed by atoms with Gasteiger partial charge in [0.15, 0.2) is 0 Å². The first-order chi connectivity index (χ1) is 12.5. The minimum absolute atomic E-state index is 0.0000359. The summed E-state index contributed by atoms with van der Waals surface area (Å²) >= 11 is 0. The number of benzene rings is 1. The van der Waals surface area contributed by atoms with Crippen molar-refractivity contribution in [3.05, 3.63) is 35.7 Å². The molecule has 1 aliphatic heterocycles. The molecule has 0 radical (unpaired) electrons. The van der Waals surface area contributed by atoms with E-state index < -0.39 is 0 Å². The summed E-state index contributed by atoms with van der Waals surface area (Å²) in [7, 11) is 0. The zero-order valence-electron chi connectivity index (χ0n) is 15.7. The van der Waals surface area contributed by atoms with E-state index in [1.807, 2.05) is 6.20 Å². The summed E-state index contributed by atoms with van der Waals surface area (Å²) in [6.45, 7) is 6.30. The maximum absolute atomic E-state index is 13.2. The molecular weight excluding hydrogens is 326 g/mol. The van der Waals surface area contributed by atoms with Crippen LogP contribution in [0.2, 0.25) is 0 Å². The van der Waals surface area contributed by atoms with Crippen LogP contribution < -0.4 is 5.32 Å². The van der Waals surface area contributed by atoms with Crippen LogP contribution in [0.5, 0.6) is 0 Å². The average molecular weight is 353 g/mol. The second kappa shape index (κ2) is 6.47. The van der Waals surface area contributed by atoms with Crippen LogP contribution in [0.3, 0.4) is 0 Å². The summed E-state index contributed by atoms with van der Waals surface area (Å²) in [5.41, 5.74) is 4.59. The Labute approximate surface area is 153 Å². The number of nitrogens with zero attached hydrogens (tertiary/aromatic N) is 1. The average Bonchev–Trinajstić information content (AvgIpc) is 3.16. The second-order valence-electron chi connectivity index (χ2n) is 7.78. The summed E-state index contributed by atoms with van der Waals surface area (Å²) in [6, 6.07) is 5.95. The first kappa shape index (κ1) is 17.2. The van der Waals surface area contributed by atoms with E-state index in [0.717, 1.165) is 29.4 Å². The lowest BCUT2D eigenvalue weighted by Gasteiger charge is -2.26. The van der Waals surface area contributed by atoms with Crippen molar-refractivity contribution in [1.82, 2.24) is 14.9 Å². The van der Waals surface area contributed by atoms with Crippen LogP contribution in [0, 0.1) is 5.92 Å². The molecule has 0 spiro atoms. The van der Waals surface area contributed by atoms with Gasteiger partial charge in [0.2, 0.25) is 5.91 Å². The number of rotatable bonds is 4. The number of hydrogen-bond donors (Lipinski definition) is 3. The smallest absolute Gasteiger partial charge is 0.243 e. The predicted octanol–water partition coefficient (Wildman–Crippen LogP) is 3.31. The van der Waals surface area contributed by atoms with Gasteiger partial charge in [-0.1, -0.05) is 33.3 Å². The molecule has 138 valence electrons. The third-order valence-electron chi connectivity index (χ3n) is 5.52. The van der Waals surface area contributed by atoms with E-state index in [-0.39, 0.29) is 30.5 Å². The number of aliphatic hydroxyl groups is 1. The van der Waals surface area contributed by atoms with Crippen molar-refractivity contribution in [1.29, 1.82) is 0 Å². The van der Waals surface area contributed by atoms with E-state index in [1.165, 1.54) is 16.5 Å². The zero-order valence-corrected chi connectivity index (χ0v) is 15.7. The van der Waals surface area contributed by atoms with E-state index in [9.17, 15) is 9.90 Å². The van der Waals surface area contributed by atoms with Gasteiger partial charge >= 0.3 is 0 Å². The molecule has 2 atom stereocenters. The number of aryl methyl sites for hydroxylation is 1. The first-order valence-electron chi connectivity index (χ1n) is 9.59. The molecule has 3 aromatic rings. The van der Waals surface area contributed by atoms with E-state index in [0.29, 0.717) is 6.42 Å². The third kappa shape index (κ3) is 2.53. The van der Waals surface area contributed by atoms with Crippen LogP contribution in [-0.4, -0.2) is 33.2 Å². The molecule has 1 aromatic carbocycles. The standard InChI is InChI=1S/C21H27N3O2/c1-4-5-16-9-13-6-7-17-18-14(10-22-17)8-15(11-25)23-21(26)19(12(2)3)24(16)20(13)18/h6-7,9-10,12,15,19,22,25H,4-5,8,11H2,1-3H3,(H,23,26)/t15-,19-/m0/s1. The molecule has 2 aromatic heterocycles. The number of carbonyl (C=O) groups is 1. The highest BCUT2D eigenvalue weighted by Gasteiger charge is 2.31. The van der Waals surface area contributed by atoms with Gasteiger partial charge in [0.25, 0.3) is 0 Å². The Kier molecular flexibility index (Phi) is 4.27. The minimum atomic E-state index is -0.283. The van der Waals surface area contributed by atoms with Crippen LogP contribution in [0.1, 0.15) is 44.5 Å². The van der Waals surface area contributed by atoms with Crippen LogP contribution >= 0.6 is 0 Å². The normalized spacial score (nSPS) is 20.6. The number of H-pyrrole nitrogens is 1. The van der Waals surface area contributed by atoms with Crippen molar-refractivity contribution in [2.75, 3.05) is 6.61 Å². The Morgan fingerprint density at radius 2 is 2.15 bits per heavy atom. The molecule has 0 fully saturated rings. The molecule has 26 heavy (non-hydrogen) atoms. The Morgan fingerprint density at radius 1 is 1.35 bits per heavy atom. The summed E-state index contributed by atoms with van der Waals surface area (Å²) in [4.78, 5) is 16.5. The molecule has 5 heteroatoms. The molecule has 0 aliphatic carbocycles. The first-order valence-corrected chi connectivity index (χ1v) is 9.59. The van der Waals surface area contributed by atoms with E-state index in [2.05, 4.69) is 53.8 Å². The van der Waals surface area contributed by atoms with Crippen LogP contribution in [0.4, 0.5) is 0 Å². The monoisotopic (exact) mass is 353 g/mol. The largest absolute Gasteiger partial charge is 0.394 e. The summed E-state index contributed by atoms with van der Waals surface area (Å²) in [5, 5.41) is 15.3. The molecule has 1 amide bonds. The maximum atomic E-state index is 13.2. The lowest BCUT2D eigenvalue weighted by molar-refractivity contribution is -0.126. The Balaban J connectivity index is 2.11. The Morgan fingerprint density at radius 3 is 2.85 bits per heavy atom. The van der Waals surface area contributed by atoms with Gasteiger partial charge in [-0.15, -0.1) is 0 Å². The topological polar surface area (TPSA) is 70.0 Å². The number of carbonyl (C=O) groups excluding carboxylic acids is 1. The highest BCUT2D eigenvalue weighted by molar-refractivity contribution is 6.08. The van der Waals surface area contributed by atoms with Crippen LogP contribution in [0.25, 0.3) is 21.8 Å². The van der Waals surface area contributed by atoms with Gasteiger partial charge in [-0.05, 0) is 36.5 Å². The van der Waals surface area contributed by atoms with Crippen molar-refractivity contribution in [3.63, 3.8) is 0 Å². The fraction of sp³-hybridized carbons (Fsp3) is 0.476. The molecule has 1 aliphatic rings. The number of aromatic nitrogens is 2. The quantitative estimate of drug-likeness (QED) is 0.673. The van der Waals surface area contributed by atoms with Crippen LogP contribution in [-0.2, 0) is 17.6 Å². The number of aliphatic hydroxyl groups excluding tert-OH is 1. The molecular formula is C21H27N3O2. The fourth-order valence-electron chi connectivity index (χ4n) is 4.42. The molecule has 0 saturated heterocycles. The summed E-state index contributed by atoms with van der Waals surface area (Å²) < 4.78 is 2.26. The van der Waals surface area contributed by atoms with Gasteiger partial charge in [-0.2, -0.15) is 0 Å². The van der Waals surface area contributed by atoms with Crippen molar-refractivity contribution >= 4 is 27.7 Å². The molecule has 4 rings (SSSR count). The Hall–Kier alpha value is -2.27. The van der Waals surface area contributed by atoms with Gasteiger partial charge in [-0.3, -0.25) is 4.79 Å². The predicted molar refractivity (Wildman–Crippen MR) is 104 cm³/mol. The van der Waals surface area contributed by atoms with E-state index >= 15 is 0 Å². The molecule has 0 saturated carbocycles. The van der Waals surface area contributed by atoms with Crippen molar-refractivity contribution in [3.8, 4) is 0 Å². The highest BCUT2D eigenvalue weighted by Crippen LogP contribution is 2.36. The molecule has 5 nitrogen and oxygen atoms in total. The molecule has 3 heterocycles. The molecule has 0 bridgehead atoms. The zero-order chi connectivity index (χ0) is 18.4. The Bertz CT molecular complexity index is 967. The molecule has 3 N–H and O–H groups in total. The van der Waals surface area contributed by atoms with Gasteiger partial charge < -0.3 is 20.0 Å². The lowest BCUT2D eigenvalue weighted by Crippen LogP contribution is -2.44. The summed E-state index contributed by atoms with van der Waals surface area (Å²) in [5.74, 6) is 0.149. The maximum Gasteiger partial charge on any atom is 0.243 e. The number of hydrogen-bond acceptors (Lipinski definition) is 2. The minimum Gasteiger partial charge on any atom is -0.394 e. The van der Waals surface area contributed by atoms with Gasteiger partial charge in [0.1, 0.15) is 6.04 Å². The van der Waals surface area contributed by atoms with Crippen molar-refractivity contribution < 1.29 is 9.90 Å². The number of nitrogens with one attached hydrogen (secondary N) is 2. The van der Waals surface area contributed by atoms with Crippen LogP contribution in [0.15, 0.2) is 24.4 Å². The second-order valence-corrected chi connectivity index (χ2v) is 7.78. The lowest BCUT2D eigenvalue weighted by atomic mass is 10.0. The number of aromatic amines is 1. The van der Waals surface area contributed by atoms with Gasteiger partial charge in [-0.25, -0.2) is 0 Å². The van der Waals surface area contributed by atoms with Crippen molar-refractivity contribution in [2.24, 2.45) is 5.92 Å². The summed E-state index contributed by atoms with van der Waals surface area (Å²) in [6.07, 6.45) is 4.62. The fourth-order valence-corrected chi connectivity index (χ4v) is 4.42. The van der Waals surface area contributed by atoms with Gasteiger partial charge in [0.05, 0.1) is 18.2 Å². The third-order valence-corrected chi connectivity index (χ3v) is 5.52. The number of amides is 1. The SMILES string of the molecule is CCCc1cc2ccc3[nH]cc4c3c2n1[C@@H](C(C)C)C(=O)N[C@H](CO)C4.